The van der Waals surface area contributed by atoms with Crippen LogP contribution in [-0.2, 0) is 0 Å². The predicted octanol–water partition coefficient (Wildman–Crippen LogP) is 3.35. The van der Waals surface area contributed by atoms with Crippen LogP contribution in [0.1, 0.15) is 0 Å². The van der Waals surface area contributed by atoms with Crippen molar-refractivity contribution >= 4 is 19.4 Å². The van der Waals surface area contributed by atoms with Gasteiger partial charge in [-0.3, -0.25) is 0 Å². The number of halogens is 6. The van der Waals surface area contributed by atoms with E-state index in [1.807, 2.05) is 0 Å². The summed E-state index contributed by atoms with van der Waals surface area (Å²) in [5.74, 6) is -10.5. The van der Waals surface area contributed by atoms with E-state index in [0.717, 1.165) is 0 Å². The Morgan fingerprint density at radius 1 is 0.800 bits per heavy atom. The maximum atomic E-state index is 11.2. The SMILES string of the molecule is FC(F)(F)P(S)C(F)(F)F. The van der Waals surface area contributed by atoms with E-state index in [0.29, 0.717) is 0 Å². The Balaban J connectivity index is 4.23. The summed E-state index contributed by atoms with van der Waals surface area (Å²) >= 11 is 2.41. The van der Waals surface area contributed by atoms with Gasteiger partial charge in [0.05, 0.1) is 0 Å². The van der Waals surface area contributed by atoms with E-state index < -0.39 is 19.0 Å². The number of hydrogen-bond acceptors (Lipinski definition) is 1. The zero-order valence-electron chi connectivity index (χ0n) is 4.16. The van der Waals surface area contributed by atoms with Crippen molar-refractivity contribution in [1.82, 2.24) is 0 Å². The molecule has 0 atom stereocenters. The van der Waals surface area contributed by atoms with E-state index in [4.69, 9.17) is 0 Å². The molecule has 0 radical (unpaired) electrons. The summed E-state index contributed by atoms with van der Waals surface area (Å²) in [7, 11) is -4.17. The van der Waals surface area contributed by atoms with Gasteiger partial charge in [0.25, 0.3) is 0 Å². The second-order valence-corrected chi connectivity index (χ2v) is 4.09. The molecular formula is C2HF6PS. The third-order valence-electron chi connectivity index (χ3n) is 0.480. The van der Waals surface area contributed by atoms with Gasteiger partial charge in [0, 0.05) is 0 Å². The molecule has 0 unspecified atom stereocenters. The van der Waals surface area contributed by atoms with Crippen LogP contribution in [-0.4, -0.2) is 11.8 Å². The molecule has 0 aromatic heterocycles. The van der Waals surface area contributed by atoms with Crippen molar-refractivity contribution in [1.29, 1.82) is 0 Å². The highest BCUT2D eigenvalue weighted by molar-refractivity contribution is 8.46. The molecule has 0 rings (SSSR count). The minimum atomic E-state index is -5.25. The van der Waals surface area contributed by atoms with Gasteiger partial charge in [0.2, 0.25) is 0 Å². The molecule has 0 aliphatic rings. The normalized spacial score (nSPS) is 14.4. The summed E-state index contributed by atoms with van der Waals surface area (Å²) in [4.78, 5) is 0. The van der Waals surface area contributed by atoms with E-state index in [9.17, 15) is 26.3 Å². The first-order valence-corrected chi connectivity index (χ1v) is 4.28. The fourth-order valence-corrected chi connectivity index (χ4v) is 0.431. The van der Waals surface area contributed by atoms with E-state index in [1.54, 1.807) is 0 Å². The molecule has 8 heteroatoms. The largest absolute Gasteiger partial charge is 0.423 e. The van der Waals surface area contributed by atoms with Crippen molar-refractivity contribution < 1.29 is 26.3 Å². The van der Waals surface area contributed by atoms with E-state index >= 15 is 0 Å². The summed E-state index contributed by atoms with van der Waals surface area (Å²) in [5.41, 5.74) is 0. The minimum absolute atomic E-state index is 2.41. The monoisotopic (exact) mass is 202 g/mol. The third kappa shape index (κ3) is 2.96. The fourth-order valence-electron chi connectivity index (χ4n) is 0.144. The Hall–Kier alpha value is 0.360. The lowest BCUT2D eigenvalue weighted by Crippen LogP contribution is -2.14. The molecule has 0 fully saturated rings. The van der Waals surface area contributed by atoms with Crippen molar-refractivity contribution in [3.05, 3.63) is 0 Å². The van der Waals surface area contributed by atoms with Gasteiger partial charge in [0.15, 0.2) is 7.12 Å². The summed E-state index contributed by atoms with van der Waals surface area (Å²) in [6, 6.07) is 0. The molecule has 0 nitrogen and oxygen atoms in total. The summed E-state index contributed by atoms with van der Waals surface area (Å²) in [5, 5.41) is 0. The quantitative estimate of drug-likeness (QED) is 0.347. The number of hydrogen-bond donors (Lipinski definition) is 1. The molecule has 0 spiro atoms. The second kappa shape index (κ2) is 2.77. The minimum Gasteiger partial charge on any atom is -0.166 e. The first kappa shape index (κ1) is 10.4. The van der Waals surface area contributed by atoms with E-state index in [1.165, 1.54) is 0 Å². The molecule has 0 heterocycles. The van der Waals surface area contributed by atoms with Gasteiger partial charge in [-0.15, -0.1) is 12.2 Å². The maximum Gasteiger partial charge on any atom is 0.423 e. The van der Waals surface area contributed by atoms with Crippen LogP contribution < -0.4 is 0 Å². The van der Waals surface area contributed by atoms with Gasteiger partial charge in [-0.2, -0.15) is 26.3 Å². The van der Waals surface area contributed by atoms with Gasteiger partial charge in [-0.05, 0) is 0 Å². The molecule has 0 aromatic carbocycles. The molecule has 0 saturated carbocycles. The van der Waals surface area contributed by atoms with Crippen LogP contribution in [0.4, 0.5) is 26.3 Å². The van der Waals surface area contributed by atoms with Crippen molar-refractivity contribution in [2.24, 2.45) is 0 Å². The second-order valence-electron chi connectivity index (χ2n) is 1.25. The lowest BCUT2D eigenvalue weighted by Gasteiger charge is -2.16. The molecule has 0 aliphatic carbocycles. The number of alkyl halides is 6. The zero-order valence-corrected chi connectivity index (χ0v) is 5.95. The highest BCUT2D eigenvalue weighted by Crippen LogP contribution is 2.67. The predicted molar refractivity (Wildman–Crippen MR) is 28.0 cm³/mol. The first-order valence-electron chi connectivity index (χ1n) is 1.78. The number of thiol groups is 1. The van der Waals surface area contributed by atoms with Crippen molar-refractivity contribution in [2.45, 2.75) is 11.8 Å². The number of rotatable bonds is 0. The third-order valence-corrected chi connectivity index (χ3v) is 2.80. The smallest absolute Gasteiger partial charge is 0.166 e. The van der Waals surface area contributed by atoms with Crippen LogP contribution >= 0.6 is 19.4 Å². The van der Waals surface area contributed by atoms with Gasteiger partial charge in [-0.25, -0.2) is 0 Å². The Labute approximate surface area is 58.5 Å². The van der Waals surface area contributed by atoms with Crippen LogP contribution in [0.2, 0.25) is 0 Å². The van der Waals surface area contributed by atoms with Crippen molar-refractivity contribution in [2.75, 3.05) is 0 Å². The Bertz CT molecular complexity index is 99.9. The summed E-state index contributed by atoms with van der Waals surface area (Å²) in [6.45, 7) is 0. The van der Waals surface area contributed by atoms with Crippen molar-refractivity contribution in [3.8, 4) is 0 Å². The van der Waals surface area contributed by atoms with E-state index in [2.05, 4.69) is 12.2 Å². The molecular weight excluding hydrogens is 201 g/mol. The van der Waals surface area contributed by atoms with Gasteiger partial charge in [-0.1, -0.05) is 0 Å². The Morgan fingerprint density at radius 3 is 1.00 bits per heavy atom. The van der Waals surface area contributed by atoms with Crippen molar-refractivity contribution in [3.63, 3.8) is 0 Å². The molecule has 62 valence electrons. The van der Waals surface area contributed by atoms with Gasteiger partial charge in [0.1, 0.15) is 0 Å². The average molecular weight is 202 g/mol. The average Bonchev–Trinajstić information content (AvgIpc) is 1.59. The highest BCUT2D eigenvalue weighted by Gasteiger charge is 2.54. The first-order chi connectivity index (χ1) is 4.15. The molecule has 0 bridgehead atoms. The standard InChI is InChI=1S/C2HF6PS/c3-1(4,5)9(10)2(6,7)8/h10H. The molecule has 0 aliphatic heterocycles. The van der Waals surface area contributed by atoms with Crippen LogP contribution in [0.5, 0.6) is 0 Å². The van der Waals surface area contributed by atoms with Crippen LogP contribution in [0.15, 0.2) is 0 Å². The van der Waals surface area contributed by atoms with Crippen LogP contribution in [0.3, 0.4) is 0 Å². The molecule has 0 saturated heterocycles. The van der Waals surface area contributed by atoms with E-state index in [-0.39, 0.29) is 0 Å². The topological polar surface area (TPSA) is 0 Å². The maximum absolute atomic E-state index is 11.2. The van der Waals surface area contributed by atoms with Gasteiger partial charge >= 0.3 is 11.8 Å². The van der Waals surface area contributed by atoms with Crippen LogP contribution in [0, 0.1) is 0 Å². The summed E-state index contributed by atoms with van der Waals surface area (Å²) in [6.07, 6.45) is 0. The summed E-state index contributed by atoms with van der Waals surface area (Å²) < 4.78 is 67.1. The molecule has 0 aromatic rings. The Kier molecular flexibility index (Phi) is 2.87. The lowest BCUT2D eigenvalue weighted by atomic mass is 11.5. The fraction of sp³-hybridized carbons (Fsp3) is 1.00. The lowest BCUT2D eigenvalue weighted by molar-refractivity contribution is -0.0792. The highest BCUT2D eigenvalue weighted by atomic mass is 32.7. The van der Waals surface area contributed by atoms with Gasteiger partial charge < -0.3 is 0 Å². The van der Waals surface area contributed by atoms with Crippen LogP contribution in [0.25, 0.3) is 0 Å². The zero-order chi connectivity index (χ0) is 8.58. The molecule has 10 heavy (non-hydrogen) atoms. The Morgan fingerprint density at radius 2 is 1.00 bits per heavy atom. The molecule has 0 amide bonds. The molecule has 0 N–H and O–H groups in total.